The summed E-state index contributed by atoms with van der Waals surface area (Å²) in [5.41, 5.74) is 0. The van der Waals surface area contributed by atoms with Gasteiger partial charge in [0.1, 0.15) is 5.38 Å². The number of rotatable bonds is 2. The summed E-state index contributed by atoms with van der Waals surface area (Å²) >= 11 is 19.0. The molecule has 2 aromatic rings. The highest BCUT2D eigenvalue weighted by Gasteiger charge is 2.16. The number of hydrogen-bond acceptors (Lipinski definition) is 2. The predicted molar refractivity (Wildman–Crippen MR) is 73.8 cm³/mol. The fourth-order valence-electron chi connectivity index (χ4n) is 1.21. The zero-order chi connectivity index (χ0) is 11.0. The number of alkyl halides is 1. The molecule has 0 spiro atoms. The van der Waals surface area contributed by atoms with Gasteiger partial charge in [-0.1, -0.05) is 11.6 Å². The van der Waals surface area contributed by atoms with Gasteiger partial charge in [0.25, 0.3) is 0 Å². The van der Waals surface area contributed by atoms with Gasteiger partial charge in [0.2, 0.25) is 0 Å². The van der Waals surface area contributed by atoms with E-state index in [4.69, 9.17) is 23.2 Å². The Bertz CT molecular complexity index is 456. The van der Waals surface area contributed by atoms with Crippen molar-refractivity contribution in [3.05, 3.63) is 41.6 Å². The number of aryl methyl sites for hydroxylation is 1. The summed E-state index contributed by atoms with van der Waals surface area (Å²) in [5.74, 6) is 0. The van der Waals surface area contributed by atoms with Crippen LogP contribution in [0.1, 0.15) is 20.0 Å². The normalized spacial score (nSPS) is 13.1. The second-order valence-electron chi connectivity index (χ2n) is 3.06. The van der Waals surface area contributed by atoms with Gasteiger partial charge in [-0.15, -0.1) is 34.3 Å². The van der Waals surface area contributed by atoms with E-state index in [-0.39, 0.29) is 5.38 Å². The number of thiophene rings is 2. The second kappa shape index (κ2) is 4.76. The van der Waals surface area contributed by atoms with E-state index in [2.05, 4.69) is 28.9 Å². The molecule has 0 aliphatic carbocycles. The smallest absolute Gasteiger partial charge is 0.102 e. The average Bonchev–Trinajstić information content (AvgIpc) is 2.74. The Morgan fingerprint density at radius 3 is 2.47 bits per heavy atom. The highest BCUT2D eigenvalue weighted by atomic mass is 79.9. The maximum atomic E-state index is 6.37. The highest BCUT2D eigenvalue weighted by molar-refractivity contribution is 9.10. The van der Waals surface area contributed by atoms with Crippen LogP contribution < -0.4 is 0 Å². The number of halogens is 3. The Kier molecular flexibility index (Phi) is 3.79. The molecule has 0 aliphatic heterocycles. The summed E-state index contributed by atoms with van der Waals surface area (Å²) < 4.78 is 1.90. The lowest BCUT2D eigenvalue weighted by molar-refractivity contribution is 1.24. The SMILES string of the molecule is Cc1sc(C(Cl)c2ccc(Cl)s2)cc1Br. The van der Waals surface area contributed by atoms with Crippen LogP contribution in [-0.4, -0.2) is 0 Å². The molecule has 0 saturated carbocycles. The van der Waals surface area contributed by atoms with E-state index in [0.717, 1.165) is 18.6 Å². The van der Waals surface area contributed by atoms with Gasteiger partial charge in [-0.3, -0.25) is 0 Å². The van der Waals surface area contributed by atoms with Crippen molar-refractivity contribution in [2.24, 2.45) is 0 Å². The van der Waals surface area contributed by atoms with Crippen molar-refractivity contribution in [1.29, 1.82) is 0 Å². The van der Waals surface area contributed by atoms with E-state index < -0.39 is 0 Å². The lowest BCUT2D eigenvalue weighted by Gasteiger charge is -2.02. The summed E-state index contributed by atoms with van der Waals surface area (Å²) in [4.78, 5) is 3.49. The first kappa shape index (κ1) is 11.9. The first-order chi connectivity index (χ1) is 7.08. The number of hydrogen-bond donors (Lipinski definition) is 0. The lowest BCUT2D eigenvalue weighted by Crippen LogP contribution is -1.84. The Balaban J connectivity index is 2.31. The van der Waals surface area contributed by atoms with E-state index in [0.29, 0.717) is 0 Å². The van der Waals surface area contributed by atoms with Gasteiger partial charge in [-0.2, -0.15) is 0 Å². The molecule has 0 aliphatic rings. The molecule has 1 unspecified atom stereocenters. The van der Waals surface area contributed by atoms with Crippen LogP contribution >= 0.6 is 61.8 Å². The van der Waals surface area contributed by atoms with Crippen molar-refractivity contribution >= 4 is 61.8 Å². The molecule has 2 heterocycles. The van der Waals surface area contributed by atoms with Crippen molar-refractivity contribution in [2.45, 2.75) is 12.3 Å². The van der Waals surface area contributed by atoms with Crippen LogP contribution in [0, 0.1) is 6.92 Å². The Morgan fingerprint density at radius 1 is 1.27 bits per heavy atom. The van der Waals surface area contributed by atoms with Gasteiger partial charge in [0.15, 0.2) is 0 Å². The van der Waals surface area contributed by atoms with Crippen molar-refractivity contribution in [3.63, 3.8) is 0 Å². The third kappa shape index (κ3) is 2.59. The van der Waals surface area contributed by atoms with E-state index in [1.807, 2.05) is 12.1 Å². The van der Waals surface area contributed by atoms with Crippen LogP contribution in [0.2, 0.25) is 4.34 Å². The van der Waals surface area contributed by atoms with Crippen LogP contribution in [0.15, 0.2) is 22.7 Å². The fraction of sp³-hybridized carbons (Fsp3) is 0.200. The van der Waals surface area contributed by atoms with Gasteiger partial charge in [-0.05, 0) is 41.1 Å². The third-order valence-corrected chi connectivity index (χ3v) is 6.20. The van der Waals surface area contributed by atoms with Gasteiger partial charge in [0.05, 0.1) is 4.34 Å². The van der Waals surface area contributed by atoms with Crippen molar-refractivity contribution in [1.82, 2.24) is 0 Å². The second-order valence-corrected chi connectivity index (χ2v) is 7.38. The molecule has 80 valence electrons. The molecule has 0 aromatic carbocycles. The largest absolute Gasteiger partial charge is 0.143 e. The van der Waals surface area contributed by atoms with Gasteiger partial charge in [0, 0.05) is 19.1 Å². The Labute approximate surface area is 115 Å². The highest BCUT2D eigenvalue weighted by Crippen LogP contribution is 2.40. The lowest BCUT2D eigenvalue weighted by atomic mass is 10.3. The van der Waals surface area contributed by atoms with Crippen molar-refractivity contribution in [3.8, 4) is 0 Å². The summed E-state index contributed by atoms with van der Waals surface area (Å²) in [6, 6.07) is 5.94. The van der Waals surface area contributed by atoms with E-state index in [1.54, 1.807) is 11.3 Å². The van der Waals surface area contributed by atoms with Crippen LogP contribution in [-0.2, 0) is 0 Å². The van der Waals surface area contributed by atoms with Crippen LogP contribution in [0.3, 0.4) is 0 Å². The molecule has 2 aromatic heterocycles. The topological polar surface area (TPSA) is 0 Å². The molecule has 2 rings (SSSR count). The van der Waals surface area contributed by atoms with Crippen molar-refractivity contribution < 1.29 is 0 Å². The van der Waals surface area contributed by atoms with Crippen LogP contribution in [0.25, 0.3) is 0 Å². The van der Waals surface area contributed by atoms with E-state index in [1.165, 1.54) is 16.2 Å². The minimum Gasteiger partial charge on any atom is -0.143 e. The maximum absolute atomic E-state index is 6.37. The monoisotopic (exact) mass is 340 g/mol. The quantitative estimate of drug-likeness (QED) is 0.600. The molecule has 0 fully saturated rings. The minimum absolute atomic E-state index is 0.0856. The fourth-order valence-corrected chi connectivity index (χ4v) is 4.30. The Hall–Kier alpha value is 0.460. The van der Waals surface area contributed by atoms with Crippen LogP contribution in [0.4, 0.5) is 0 Å². The first-order valence-corrected chi connectivity index (χ1v) is 7.47. The summed E-state index contributed by atoms with van der Waals surface area (Å²) in [6.07, 6.45) is 0. The first-order valence-electron chi connectivity index (χ1n) is 4.23. The summed E-state index contributed by atoms with van der Waals surface area (Å²) in [6.45, 7) is 2.07. The molecule has 1 atom stereocenters. The molecule has 0 radical (unpaired) electrons. The summed E-state index contributed by atoms with van der Waals surface area (Å²) in [7, 11) is 0. The molecule has 0 amide bonds. The molecule has 0 nitrogen and oxygen atoms in total. The third-order valence-electron chi connectivity index (χ3n) is 1.97. The van der Waals surface area contributed by atoms with Crippen LogP contribution in [0.5, 0.6) is 0 Å². The zero-order valence-corrected chi connectivity index (χ0v) is 12.5. The van der Waals surface area contributed by atoms with E-state index >= 15 is 0 Å². The van der Waals surface area contributed by atoms with Gasteiger partial charge < -0.3 is 0 Å². The standard InChI is InChI=1S/C10H7BrCl2S2/c1-5-6(11)4-8(14-5)10(13)7-2-3-9(12)15-7/h2-4,10H,1H3. The molecular formula is C10H7BrCl2S2. The molecule has 0 N–H and O–H groups in total. The molecule has 15 heavy (non-hydrogen) atoms. The molecule has 0 bridgehead atoms. The Morgan fingerprint density at radius 2 is 2.00 bits per heavy atom. The van der Waals surface area contributed by atoms with Gasteiger partial charge in [-0.25, -0.2) is 0 Å². The molecule has 0 saturated heterocycles. The minimum atomic E-state index is -0.0856. The predicted octanol–water partition coefficient (Wildman–Crippen LogP) is 5.86. The zero-order valence-electron chi connectivity index (χ0n) is 7.76. The average molecular weight is 342 g/mol. The molecule has 5 heteroatoms. The maximum Gasteiger partial charge on any atom is 0.102 e. The summed E-state index contributed by atoms with van der Waals surface area (Å²) in [5, 5.41) is -0.0856. The molecular weight excluding hydrogens is 335 g/mol. The van der Waals surface area contributed by atoms with Crippen molar-refractivity contribution in [2.75, 3.05) is 0 Å². The van der Waals surface area contributed by atoms with Gasteiger partial charge >= 0.3 is 0 Å². The van der Waals surface area contributed by atoms with E-state index in [9.17, 15) is 0 Å².